The molecule has 1 aromatic heterocycles. The number of hydrogen-bond donors (Lipinski definition) is 1. The van der Waals surface area contributed by atoms with Crippen molar-refractivity contribution in [1.82, 2.24) is 9.88 Å². The lowest BCUT2D eigenvalue weighted by Gasteiger charge is -2.15. The van der Waals surface area contributed by atoms with E-state index in [1.54, 1.807) is 0 Å². The molecule has 0 radical (unpaired) electrons. The third kappa shape index (κ3) is 1.76. The highest BCUT2D eigenvalue weighted by atomic mass is 15.1. The van der Waals surface area contributed by atoms with E-state index in [1.807, 2.05) is 6.07 Å². The van der Waals surface area contributed by atoms with E-state index in [0.29, 0.717) is 6.04 Å². The zero-order chi connectivity index (χ0) is 13.5. The van der Waals surface area contributed by atoms with Gasteiger partial charge in [-0.3, -0.25) is 0 Å². The second-order valence-corrected chi connectivity index (χ2v) is 6.03. The largest absolute Gasteiger partial charge is 0.343 e. The lowest BCUT2D eigenvalue weighted by atomic mass is 10.1. The first-order valence-electron chi connectivity index (χ1n) is 7.64. The molecule has 2 heterocycles. The predicted molar refractivity (Wildman–Crippen MR) is 79.7 cm³/mol. The molecule has 20 heavy (non-hydrogen) atoms. The first kappa shape index (κ1) is 12.0. The Morgan fingerprint density at radius 3 is 3.05 bits per heavy atom. The van der Waals surface area contributed by atoms with Crippen molar-refractivity contribution in [2.24, 2.45) is 0 Å². The van der Waals surface area contributed by atoms with Gasteiger partial charge in [-0.1, -0.05) is 0 Å². The summed E-state index contributed by atoms with van der Waals surface area (Å²) < 4.78 is 2.52. The van der Waals surface area contributed by atoms with Gasteiger partial charge in [0.25, 0.3) is 0 Å². The average molecular weight is 265 g/mol. The summed E-state index contributed by atoms with van der Waals surface area (Å²) in [5.41, 5.74) is 5.12. The van der Waals surface area contributed by atoms with Crippen LogP contribution >= 0.6 is 0 Å². The zero-order valence-corrected chi connectivity index (χ0v) is 11.7. The maximum Gasteiger partial charge on any atom is 0.0991 e. The number of fused-ring (bicyclic) bond motifs is 3. The third-order valence-corrected chi connectivity index (χ3v) is 4.82. The molecular formula is C17H19N3. The van der Waals surface area contributed by atoms with Crippen LogP contribution in [0.1, 0.15) is 36.1 Å². The van der Waals surface area contributed by atoms with Crippen LogP contribution in [0.15, 0.2) is 18.2 Å². The SMILES string of the molecule is N#Cc1ccc2c(c1)c1c(n2C[C@@H]2CCCN2)CCC1. The van der Waals surface area contributed by atoms with Gasteiger partial charge in [0.2, 0.25) is 0 Å². The molecule has 1 atom stereocenters. The van der Waals surface area contributed by atoms with Gasteiger partial charge in [0.15, 0.2) is 0 Å². The van der Waals surface area contributed by atoms with Crippen molar-refractivity contribution < 1.29 is 0 Å². The molecule has 1 fully saturated rings. The van der Waals surface area contributed by atoms with Gasteiger partial charge in [0.1, 0.15) is 0 Å². The van der Waals surface area contributed by atoms with E-state index in [1.165, 1.54) is 54.3 Å². The van der Waals surface area contributed by atoms with E-state index in [-0.39, 0.29) is 0 Å². The first-order valence-corrected chi connectivity index (χ1v) is 7.64. The van der Waals surface area contributed by atoms with Gasteiger partial charge < -0.3 is 9.88 Å². The fourth-order valence-electron chi connectivity index (χ4n) is 3.89. The molecule has 0 bridgehead atoms. The summed E-state index contributed by atoms with van der Waals surface area (Å²) >= 11 is 0. The summed E-state index contributed by atoms with van der Waals surface area (Å²) in [7, 11) is 0. The van der Waals surface area contributed by atoms with Crippen LogP contribution in [-0.4, -0.2) is 17.2 Å². The molecule has 2 aromatic rings. The Hall–Kier alpha value is -1.79. The van der Waals surface area contributed by atoms with Gasteiger partial charge in [0.05, 0.1) is 11.6 Å². The minimum absolute atomic E-state index is 0.617. The number of aryl methyl sites for hydroxylation is 1. The molecule has 1 saturated heterocycles. The second-order valence-electron chi connectivity index (χ2n) is 6.03. The molecule has 3 nitrogen and oxygen atoms in total. The van der Waals surface area contributed by atoms with Crippen LogP contribution in [0.2, 0.25) is 0 Å². The van der Waals surface area contributed by atoms with Gasteiger partial charge in [-0.25, -0.2) is 0 Å². The molecule has 1 aliphatic carbocycles. The van der Waals surface area contributed by atoms with E-state index >= 15 is 0 Å². The van der Waals surface area contributed by atoms with Crippen LogP contribution in [-0.2, 0) is 19.4 Å². The zero-order valence-electron chi connectivity index (χ0n) is 11.7. The Balaban J connectivity index is 1.84. The first-order chi connectivity index (χ1) is 9.86. The number of nitrogens with zero attached hydrogens (tertiary/aromatic N) is 2. The predicted octanol–water partition coefficient (Wildman–Crippen LogP) is 2.75. The normalized spacial score (nSPS) is 21.2. The smallest absolute Gasteiger partial charge is 0.0991 e. The molecule has 2 aliphatic rings. The minimum atomic E-state index is 0.617. The number of rotatable bonds is 2. The Morgan fingerprint density at radius 1 is 1.30 bits per heavy atom. The van der Waals surface area contributed by atoms with Crippen molar-refractivity contribution in [3.63, 3.8) is 0 Å². The second kappa shape index (κ2) is 4.64. The maximum atomic E-state index is 9.12. The van der Waals surface area contributed by atoms with E-state index in [4.69, 9.17) is 5.26 Å². The van der Waals surface area contributed by atoms with E-state index in [9.17, 15) is 0 Å². The van der Waals surface area contributed by atoms with Crippen molar-refractivity contribution in [2.75, 3.05) is 6.54 Å². The van der Waals surface area contributed by atoms with Gasteiger partial charge in [-0.2, -0.15) is 5.26 Å². The number of hydrogen-bond acceptors (Lipinski definition) is 2. The van der Waals surface area contributed by atoms with Crippen molar-refractivity contribution in [1.29, 1.82) is 5.26 Å². The third-order valence-electron chi connectivity index (χ3n) is 4.82. The number of nitrogens with one attached hydrogen (secondary N) is 1. The van der Waals surface area contributed by atoms with Gasteiger partial charge in [-0.05, 0) is 62.4 Å². The van der Waals surface area contributed by atoms with Gasteiger partial charge >= 0.3 is 0 Å². The molecule has 1 N–H and O–H groups in total. The van der Waals surface area contributed by atoms with Crippen LogP contribution in [0, 0.1) is 11.3 Å². The molecule has 1 aromatic carbocycles. The van der Waals surface area contributed by atoms with Crippen molar-refractivity contribution >= 4 is 10.9 Å². The van der Waals surface area contributed by atoms with Gasteiger partial charge in [0, 0.05) is 29.2 Å². The van der Waals surface area contributed by atoms with Crippen LogP contribution in [0.4, 0.5) is 0 Å². The molecule has 3 heteroatoms. The van der Waals surface area contributed by atoms with Crippen LogP contribution in [0.25, 0.3) is 10.9 Å². The van der Waals surface area contributed by atoms with E-state index < -0.39 is 0 Å². The summed E-state index contributed by atoms with van der Waals surface area (Å²) in [5, 5.41) is 14.0. The Labute approximate surface area is 119 Å². The lowest BCUT2D eigenvalue weighted by Crippen LogP contribution is -2.27. The van der Waals surface area contributed by atoms with Crippen LogP contribution in [0.3, 0.4) is 0 Å². The fourth-order valence-corrected chi connectivity index (χ4v) is 3.89. The molecule has 0 spiro atoms. The number of aromatic nitrogens is 1. The fraction of sp³-hybridized carbons (Fsp3) is 0.471. The summed E-state index contributed by atoms with van der Waals surface area (Å²) in [5.74, 6) is 0. The summed E-state index contributed by atoms with van der Waals surface area (Å²) in [6.07, 6.45) is 6.20. The average Bonchev–Trinajstić information content (AvgIpc) is 3.18. The summed E-state index contributed by atoms with van der Waals surface area (Å²) in [4.78, 5) is 0. The van der Waals surface area contributed by atoms with Crippen LogP contribution < -0.4 is 5.32 Å². The van der Waals surface area contributed by atoms with Gasteiger partial charge in [-0.15, -0.1) is 0 Å². The molecule has 1 aliphatic heterocycles. The minimum Gasteiger partial charge on any atom is -0.343 e. The van der Waals surface area contributed by atoms with Crippen molar-refractivity contribution in [2.45, 2.75) is 44.7 Å². The number of benzene rings is 1. The topological polar surface area (TPSA) is 40.8 Å². The number of nitriles is 1. The van der Waals surface area contributed by atoms with E-state index in [0.717, 1.165) is 18.7 Å². The van der Waals surface area contributed by atoms with Crippen molar-refractivity contribution in [3.8, 4) is 6.07 Å². The Kier molecular flexibility index (Phi) is 2.78. The van der Waals surface area contributed by atoms with Crippen molar-refractivity contribution in [3.05, 3.63) is 35.0 Å². The highest BCUT2D eigenvalue weighted by Crippen LogP contribution is 2.34. The lowest BCUT2D eigenvalue weighted by molar-refractivity contribution is 0.509. The van der Waals surface area contributed by atoms with E-state index in [2.05, 4.69) is 28.1 Å². The summed E-state index contributed by atoms with van der Waals surface area (Å²) in [6.45, 7) is 2.24. The summed E-state index contributed by atoms with van der Waals surface area (Å²) in [6, 6.07) is 9.06. The molecule has 102 valence electrons. The molecule has 0 unspecified atom stereocenters. The highest BCUT2D eigenvalue weighted by Gasteiger charge is 2.24. The Morgan fingerprint density at radius 2 is 2.25 bits per heavy atom. The maximum absolute atomic E-state index is 9.12. The van der Waals surface area contributed by atoms with Crippen LogP contribution in [0.5, 0.6) is 0 Å². The molecule has 4 rings (SSSR count). The molecular weight excluding hydrogens is 246 g/mol. The standard InChI is InChI=1S/C17H19N3/c18-10-12-6-7-17-15(9-12)14-4-1-5-16(14)20(17)11-13-3-2-8-19-13/h6-7,9,13,19H,1-5,8,11H2/t13-/m0/s1. The molecule has 0 saturated carbocycles. The molecule has 0 amide bonds. The monoisotopic (exact) mass is 265 g/mol. The highest BCUT2D eigenvalue weighted by molar-refractivity contribution is 5.87. The quantitative estimate of drug-likeness (QED) is 0.907. The Bertz CT molecular complexity index is 699.